The van der Waals surface area contributed by atoms with Gasteiger partial charge < -0.3 is 4.74 Å². The van der Waals surface area contributed by atoms with Gasteiger partial charge in [-0.3, -0.25) is 4.79 Å². The summed E-state index contributed by atoms with van der Waals surface area (Å²) in [5.74, 6) is 1.67. The lowest BCUT2D eigenvalue weighted by Gasteiger charge is -2.50. The Morgan fingerprint density at radius 3 is 1.69 bits per heavy atom. The largest absolute Gasteiger partial charge is 0.497 e. The highest BCUT2D eigenvalue weighted by molar-refractivity contribution is 8.14. The van der Waals surface area contributed by atoms with Gasteiger partial charge in [0.15, 0.2) is 0 Å². The molecule has 7 rings (SSSR count). The molecule has 0 N–H and O–H groups in total. The van der Waals surface area contributed by atoms with Crippen molar-refractivity contribution in [3.8, 4) is 5.75 Å². The van der Waals surface area contributed by atoms with Gasteiger partial charge in [0.2, 0.25) is 5.12 Å². The Morgan fingerprint density at radius 1 is 0.750 bits per heavy atom. The van der Waals surface area contributed by atoms with Gasteiger partial charge in [-0.25, -0.2) is 0 Å². The van der Waals surface area contributed by atoms with E-state index >= 15 is 0 Å². The van der Waals surface area contributed by atoms with E-state index in [2.05, 4.69) is 72.8 Å². The number of carbonyl (C=O) groups is 1. The molecule has 0 saturated heterocycles. The van der Waals surface area contributed by atoms with E-state index in [1.807, 2.05) is 24.3 Å². The van der Waals surface area contributed by atoms with Gasteiger partial charge in [-0.1, -0.05) is 84.6 Å². The molecule has 0 saturated carbocycles. The topological polar surface area (TPSA) is 26.3 Å². The lowest BCUT2D eigenvalue weighted by Crippen LogP contribution is -2.44. The summed E-state index contributed by atoms with van der Waals surface area (Å²) < 4.78 is 5.24. The van der Waals surface area contributed by atoms with Crippen LogP contribution in [-0.2, 0) is 5.41 Å². The second-order valence-electron chi connectivity index (χ2n) is 8.40. The molecule has 0 spiro atoms. The van der Waals surface area contributed by atoms with E-state index in [9.17, 15) is 4.79 Å². The second-order valence-corrected chi connectivity index (χ2v) is 9.35. The fourth-order valence-electron chi connectivity index (χ4n) is 5.57. The van der Waals surface area contributed by atoms with Crippen LogP contribution in [0.15, 0.2) is 97.1 Å². The molecule has 32 heavy (non-hydrogen) atoms. The van der Waals surface area contributed by atoms with Gasteiger partial charge in [0, 0.05) is 17.2 Å². The summed E-state index contributed by atoms with van der Waals surface area (Å²) in [7, 11) is 1.64. The highest BCUT2D eigenvalue weighted by Gasteiger charge is 2.51. The van der Waals surface area contributed by atoms with Crippen LogP contribution in [0, 0.1) is 0 Å². The zero-order chi connectivity index (χ0) is 21.7. The molecule has 2 bridgehead atoms. The molecule has 3 aliphatic rings. The lowest BCUT2D eigenvalue weighted by atomic mass is 9.54. The zero-order valence-electron chi connectivity index (χ0n) is 17.7. The van der Waals surface area contributed by atoms with Crippen LogP contribution in [0.1, 0.15) is 49.7 Å². The molecule has 4 aromatic rings. The molecule has 0 aliphatic heterocycles. The predicted molar refractivity (Wildman–Crippen MR) is 130 cm³/mol. The Bertz CT molecular complexity index is 1220. The molecule has 0 unspecified atom stereocenters. The summed E-state index contributed by atoms with van der Waals surface area (Å²) in [6.07, 6.45) is 0. The summed E-state index contributed by atoms with van der Waals surface area (Å²) in [5.41, 5.74) is 8.44. The van der Waals surface area contributed by atoms with Gasteiger partial charge >= 0.3 is 0 Å². The van der Waals surface area contributed by atoms with E-state index in [0.717, 1.165) is 5.75 Å². The summed E-state index contributed by atoms with van der Waals surface area (Å²) in [6, 6.07) is 33.7. The Kier molecular flexibility index (Phi) is 4.48. The predicted octanol–water partition coefficient (Wildman–Crippen LogP) is 6.41. The third kappa shape index (κ3) is 2.64. The Morgan fingerprint density at radius 2 is 1.22 bits per heavy atom. The van der Waals surface area contributed by atoms with Crippen LogP contribution in [0.4, 0.5) is 0 Å². The van der Waals surface area contributed by atoms with Gasteiger partial charge in [0.05, 0.1) is 12.5 Å². The van der Waals surface area contributed by atoms with Crippen LogP contribution in [-0.4, -0.2) is 18.0 Å². The van der Waals surface area contributed by atoms with Crippen LogP contribution in [0.3, 0.4) is 0 Å². The van der Waals surface area contributed by atoms with Gasteiger partial charge in [0.1, 0.15) is 5.75 Å². The van der Waals surface area contributed by atoms with Crippen LogP contribution < -0.4 is 4.74 Å². The molecule has 4 aromatic carbocycles. The van der Waals surface area contributed by atoms with Crippen LogP contribution >= 0.6 is 11.8 Å². The first-order valence-corrected chi connectivity index (χ1v) is 11.8. The van der Waals surface area contributed by atoms with Crippen molar-refractivity contribution in [2.45, 2.75) is 11.3 Å². The maximum absolute atomic E-state index is 13.2. The van der Waals surface area contributed by atoms with E-state index in [-0.39, 0.29) is 16.4 Å². The normalized spacial score (nSPS) is 19.6. The third-order valence-electron chi connectivity index (χ3n) is 6.94. The SMILES string of the molecule is COc1ccc(C(=O)SCC23c4ccccc4C(c4ccccc42)c2ccccc23)cc1. The number of rotatable bonds is 4. The molecule has 3 aliphatic carbocycles. The molecule has 0 fully saturated rings. The van der Waals surface area contributed by atoms with E-state index in [0.29, 0.717) is 11.3 Å². The van der Waals surface area contributed by atoms with Crippen molar-refractivity contribution < 1.29 is 9.53 Å². The number of benzene rings is 4. The average molecular weight is 435 g/mol. The monoisotopic (exact) mass is 434 g/mol. The Labute approximate surface area is 192 Å². The maximum Gasteiger partial charge on any atom is 0.219 e. The van der Waals surface area contributed by atoms with Gasteiger partial charge in [-0.2, -0.15) is 0 Å². The fourth-order valence-corrected chi connectivity index (χ4v) is 6.68. The number of ether oxygens (including phenoxy) is 1. The summed E-state index contributed by atoms with van der Waals surface area (Å²) in [6.45, 7) is 0. The third-order valence-corrected chi connectivity index (χ3v) is 8.02. The van der Waals surface area contributed by atoms with Crippen LogP contribution in [0.2, 0.25) is 0 Å². The molecule has 0 atom stereocenters. The minimum atomic E-state index is -0.342. The van der Waals surface area contributed by atoms with E-state index in [1.165, 1.54) is 45.1 Å². The minimum Gasteiger partial charge on any atom is -0.497 e. The zero-order valence-corrected chi connectivity index (χ0v) is 18.6. The molecule has 3 heteroatoms. The van der Waals surface area contributed by atoms with E-state index < -0.39 is 0 Å². The molecule has 0 amide bonds. The molecule has 2 nitrogen and oxygen atoms in total. The van der Waals surface area contributed by atoms with Gasteiger partial charge in [0.25, 0.3) is 0 Å². The molecule has 0 heterocycles. The van der Waals surface area contributed by atoms with E-state index in [4.69, 9.17) is 4.74 Å². The van der Waals surface area contributed by atoms with Crippen molar-refractivity contribution in [2.24, 2.45) is 0 Å². The smallest absolute Gasteiger partial charge is 0.219 e. The number of hydrogen-bond acceptors (Lipinski definition) is 3. The summed E-state index contributed by atoms with van der Waals surface area (Å²) >= 11 is 1.41. The first-order chi connectivity index (χ1) is 15.7. The molecule has 0 aromatic heterocycles. The highest BCUT2D eigenvalue weighted by atomic mass is 32.2. The standard InChI is InChI=1S/C29H22O2S/c1-31-20-16-14-19(15-17-20)28(30)32-18-29-24-11-5-2-8-21(24)27(22-9-3-6-12-25(22)29)23-10-4-7-13-26(23)29/h2-17,27H,18H2,1H3. The van der Waals surface area contributed by atoms with Crippen molar-refractivity contribution in [3.63, 3.8) is 0 Å². The molecule has 0 radical (unpaired) electrons. The van der Waals surface area contributed by atoms with Crippen molar-refractivity contribution >= 4 is 16.9 Å². The van der Waals surface area contributed by atoms with Crippen molar-refractivity contribution in [3.05, 3.63) is 136 Å². The highest BCUT2D eigenvalue weighted by Crippen LogP contribution is 2.59. The Hall–Kier alpha value is -3.30. The van der Waals surface area contributed by atoms with E-state index in [1.54, 1.807) is 7.11 Å². The summed E-state index contributed by atoms with van der Waals surface area (Å²) in [4.78, 5) is 13.2. The second kappa shape index (κ2) is 7.39. The van der Waals surface area contributed by atoms with Crippen molar-refractivity contribution in [1.29, 1.82) is 0 Å². The van der Waals surface area contributed by atoms with Crippen molar-refractivity contribution in [2.75, 3.05) is 12.9 Å². The first kappa shape index (κ1) is 19.4. The number of hydrogen-bond donors (Lipinski definition) is 0. The van der Waals surface area contributed by atoms with Crippen molar-refractivity contribution in [1.82, 2.24) is 0 Å². The quantitative estimate of drug-likeness (QED) is 0.371. The first-order valence-electron chi connectivity index (χ1n) is 10.8. The van der Waals surface area contributed by atoms with Gasteiger partial charge in [-0.05, 0) is 57.6 Å². The molecular formula is C29H22O2S. The average Bonchev–Trinajstić information content (AvgIpc) is 2.87. The summed E-state index contributed by atoms with van der Waals surface area (Å²) in [5, 5.41) is 0.0853. The molecule has 156 valence electrons. The number of carbonyl (C=O) groups excluding carboxylic acids is 1. The van der Waals surface area contributed by atoms with Crippen LogP contribution in [0.25, 0.3) is 0 Å². The maximum atomic E-state index is 13.2. The minimum absolute atomic E-state index is 0.0853. The number of methoxy groups -OCH3 is 1. The molecular weight excluding hydrogens is 412 g/mol. The number of thioether (sulfide) groups is 1. The van der Waals surface area contributed by atoms with Gasteiger partial charge in [-0.15, -0.1) is 0 Å². The fraction of sp³-hybridized carbons (Fsp3) is 0.138. The lowest BCUT2D eigenvalue weighted by molar-refractivity contribution is 0.108. The Balaban J connectivity index is 1.49. The van der Waals surface area contributed by atoms with Crippen LogP contribution in [0.5, 0.6) is 5.75 Å².